The second kappa shape index (κ2) is 2.73. The third-order valence-corrected chi connectivity index (χ3v) is 2.12. The third-order valence-electron chi connectivity index (χ3n) is 2.12. The van der Waals surface area contributed by atoms with E-state index >= 15 is 0 Å². The number of nitrogen functional groups attached to an aromatic ring is 1. The van der Waals surface area contributed by atoms with Crippen molar-refractivity contribution in [2.75, 3.05) is 5.73 Å². The molecule has 0 spiro atoms. The highest BCUT2D eigenvalue weighted by molar-refractivity contribution is 5.32. The maximum Gasteiger partial charge on any atom is 0.130 e. The van der Waals surface area contributed by atoms with Gasteiger partial charge in [-0.2, -0.15) is 0 Å². The minimum Gasteiger partial charge on any atom is -0.384 e. The molecular weight excluding hydrogens is 150 g/mol. The van der Waals surface area contributed by atoms with Crippen molar-refractivity contribution in [3.63, 3.8) is 0 Å². The second-order valence-corrected chi connectivity index (χ2v) is 3.26. The Bertz CT molecular complexity index is 292. The summed E-state index contributed by atoms with van der Waals surface area (Å²) >= 11 is 0. The Kier molecular flexibility index (Phi) is 1.71. The lowest BCUT2D eigenvalue weighted by atomic mass is 10.2. The molecule has 0 aromatic carbocycles. The molecule has 1 aliphatic rings. The Morgan fingerprint density at radius 1 is 1.50 bits per heavy atom. The average molecular weight is 163 g/mol. The van der Waals surface area contributed by atoms with E-state index in [0.717, 1.165) is 17.9 Å². The van der Waals surface area contributed by atoms with E-state index in [1.165, 1.54) is 12.8 Å². The van der Waals surface area contributed by atoms with Gasteiger partial charge in [0.15, 0.2) is 0 Å². The first-order valence-electron chi connectivity index (χ1n) is 4.43. The fourth-order valence-electron chi connectivity index (χ4n) is 1.29. The molecule has 2 N–H and O–H groups in total. The number of rotatable bonds is 2. The SMILES string of the molecule is CCc1nc(N)cc(C2CC2)n1. The molecule has 1 aromatic rings. The number of hydrogen-bond donors (Lipinski definition) is 1. The van der Waals surface area contributed by atoms with Crippen LogP contribution in [-0.4, -0.2) is 9.97 Å². The summed E-state index contributed by atoms with van der Waals surface area (Å²) in [5, 5.41) is 0. The van der Waals surface area contributed by atoms with Gasteiger partial charge in [-0.25, -0.2) is 9.97 Å². The van der Waals surface area contributed by atoms with Gasteiger partial charge in [0, 0.05) is 24.1 Å². The van der Waals surface area contributed by atoms with Gasteiger partial charge in [0.05, 0.1) is 0 Å². The molecule has 64 valence electrons. The van der Waals surface area contributed by atoms with Crippen molar-refractivity contribution in [3.8, 4) is 0 Å². The molecule has 0 unspecified atom stereocenters. The molecule has 2 rings (SSSR count). The highest BCUT2D eigenvalue weighted by Gasteiger charge is 2.25. The summed E-state index contributed by atoms with van der Waals surface area (Å²) < 4.78 is 0. The minimum absolute atomic E-state index is 0.615. The quantitative estimate of drug-likeness (QED) is 0.718. The van der Waals surface area contributed by atoms with Crippen LogP contribution in [0.5, 0.6) is 0 Å². The van der Waals surface area contributed by atoms with Crippen molar-refractivity contribution in [2.45, 2.75) is 32.1 Å². The summed E-state index contributed by atoms with van der Waals surface area (Å²) in [6.45, 7) is 2.05. The summed E-state index contributed by atoms with van der Waals surface area (Å²) in [6, 6.07) is 1.90. The van der Waals surface area contributed by atoms with E-state index < -0.39 is 0 Å². The van der Waals surface area contributed by atoms with Crippen molar-refractivity contribution >= 4 is 5.82 Å². The van der Waals surface area contributed by atoms with Crippen LogP contribution in [0.15, 0.2) is 6.07 Å². The van der Waals surface area contributed by atoms with Crippen LogP contribution in [0.1, 0.15) is 37.2 Å². The molecule has 3 heteroatoms. The maximum atomic E-state index is 5.65. The first-order valence-corrected chi connectivity index (χ1v) is 4.43. The zero-order chi connectivity index (χ0) is 8.55. The molecule has 0 saturated heterocycles. The summed E-state index contributed by atoms with van der Waals surface area (Å²) in [6.07, 6.45) is 3.39. The standard InChI is InChI=1S/C9H13N3/c1-2-9-11-7(6-3-4-6)5-8(10)12-9/h5-6H,2-4H2,1H3,(H2,10,11,12). The maximum absolute atomic E-state index is 5.65. The normalized spacial score (nSPS) is 16.4. The van der Waals surface area contributed by atoms with E-state index in [-0.39, 0.29) is 0 Å². The van der Waals surface area contributed by atoms with Gasteiger partial charge >= 0.3 is 0 Å². The number of anilines is 1. The lowest BCUT2D eigenvalue weighted by Crippen LogP contribution is -2.01. The van der Waals surface area contributed by atoms with Crippen molar-refractivity contribution < 1.29 is 0 Å². The Labute approximate surface area is 72.0 Å². The fraction of sp³-hybridized carbons (Fsp3) is 0.556. The Morgan fingerprint density at radius 2 is 2.25 bits per heavy atom. The molecule has 1 saturated carbocycles. The molecule has 1 fully saturated rings. The van der Waals surface area contributed by atoms with Crippen LogP contribution >= 0.6 is 0 Å². The summed E-state index contributed by atoms with van der Waals surface area (Å²) in [5.41, 5.74) is 6.79. The van der Waals surface area contributed by atoms with E-state index in [9.17, 15) is 0 Å². The number of nitrogens with zero attached hydrogens (tertiary/aromatic N) is 2. The fourth-order valence-corrected chi connectivity index (χ4v) is 1.29. The number of aromatic nitrogens is 2. The van der Waals surface area contributed by atoms with Gasteiger partial charge in [-0.15, -0.1) is 0 Å². The third kappa shape index (κ3) is 1.40. The van der Waals surface area contributed by atoms with Gasteiger partial charge in [0.2, 0.25) is 0 Å². The van der Waals surface area contributed by atoms with Gasteiger partial charge in [0.1, 0.15) is 11.6 Å². The molecule has 1 aromatic heterocycles. The molecule has 3 nitrogen and oxygen atoms in total. The highest BCUT2D eigenvalue weighted by Crippen LogP contribution is 2.39. The molecule has 0 atom stereocenters. The van der Waals surface area contributed by atoms with Gasteiger partial charge < -0.3 is 5.73 Å². The molecule has 12 heavy (non-hydrogen) atoms. The molecule has 0 radical (unpaired) electrons. The number of nitrogens with two attached hydrogens (primary N) is 1. The first kappa shape index (κ1) is 7.53. The molecular formula is C9H13N3. The van der Waals surface area contributed by atoms with Crippen molar-refractivity contribution in [2.24, 2.45) is 0 Å². The Morgan fingerprint density at radius 3 is 2.83 bits per heavy atom. The van der Waals surface area contributed by atoms with Crippen LogP contribution in [0, 0.1) is 0 Å². The predicted octanol–water partition coefficient (Wildman–Crippen LogP) is 1.50. The Balaban J connectivity index is 2.34. The van der Waals surface area contributed by atoms with E-state index in [1.54, 1.807) is 0 Å². The van der Waals surface area contributed by atoms with Crippen LogP contribution in [0.4, 0.5) is 5.82 Å². The Hall–Kier alpha value is -1.12. The van der Waals surface area contributed by atoms with Gasteiger partial charge in [-0.3, -0.25) is 0 Å². The van der Waals surface area contributed by atoms with E-state index in [0.29, 0.717) is 11.7 Å². The largest absolute Gasteiger partial charge is 0.384 e. The van der Waals surface area contributed by atoms with Crippen LogP contribution in [0.2, 0.25) is 0 Å². The second-order valence-electron chi connectivity index (χ2n) is 3.26. The van der Waals surface area contributed by atoms with Crippen LogP contribution < -0.4 is 5.73 Å². The molecule has 1 heterocycles. The van der Waals surface area contributed by atoms with Gasteiger partial charge in [-0.05, 0) is 12.8 Å². The number of hydrogen-bond acceptors (Lipinski definition) is 3. The minimum atomic E-state index is 0.615. The summed E-state index contributed by atoms with van der Waals surface area (Å²) in [5.74, 6) is 2.15. The highest BCUT2D eigenvalue weighted by atomic mass is 14.9. The smallest absolute Gasteiger partial charge is 0.130 e. The van der Waals surface area contributed by atoms with E-state index in [4.69, 9.17) is 5.73 Å². The molecule has 0 bridgehead atoms. The van der Waals surface area contributed by atoms with Crippen LogP contribution in [0.25, 0.3) is 0 Å². The molecule has 0 amide bonds. The zero-order valence-electron chi connectivity index (χ0n) is 7.25. The molecule has 0 aliphatic heterocycles. The first-order chi connectivity index (χ1) is 5.79. The van der Waals surface area contributed by atoms with Crippen LogP contribution in [-0.2, 0) is 6.42 Å². The summed E-state index contributed by atoms with van der Waals surface area (Å²) in [4.78, 5) is 8.55. The number of aryl methyl sites for hydroxylation is 1. The van der Waals surface area contributed by atoms with Crippen molar-refractivity contribution in [3.05, 3.63) is 17.6 Å². The monoisotopic (exact) mass is 163 g/mol. The average Bonchev–Trinajstić information content (AvgIpc) is 2.85. The predicted molar refractivity (Wildman–Crippen MR) is 47.8 cm³/mol. The lowest BCUT2D eigenvalue weighted by molar-refractivity contribution is 0.887. The van der Waals surface area contributed by atoms with Crippen molar-refractivity contribution in [1.82, 2.24) is 9.97 Å². The topological polar surface area (TPSA) is 51.8 Å². The summed E-state index contributed by atoms with van der Waals surface area (Å²) in [7, 11) is 0. The molecule has 1 aliphatic carbocycles. The van der Waals surface area contributed by atoms with Crippen LogP contribution in [0.3, 0.4) is 0 Å². The lowest BCUT2D eigenvalue weighted by Gasteiger charge is -2.01. The van der Waals surface area contributed by atoms with E-state index in [1.807, 2.05) is 13.0 Å². The zero-order valence-corrected chi connectivity index (χ0v) is 7.25. The van der Waals surface area contributed by atoms with E-state index in [2.05, 4.69) is 9.97 Å². The van der Waals surface area contributed by atoms with Gasteiger partial charge in [0.25, 0.3) is 0 Å². The van der Waals surface area contributed by atoms with Gasteiger partial charge in [-0.1, -0.05) is 6.92 Å². The van der Waals surface area contributed by atoms with Crippen molar-refractivity contribution in [1.29, 1.82) is 0 Å².